The quantitative estimate of drug-likeness (QED) is 0.197. The Hall–Kier alpha value is -3.84. The number of para-hydroxylation sites is 1. The summed E-state index contributed by atoms with van der Waals surface area (Å²) in [4.78, 5) is 30.8. The molecule has 3 aromatic rings. The second-order valence-electron chi connectivity index (χ2n) is 11.4. The van der Waals surface area contributed by atoms with Gasteiger partial charge in [-0.25, -0.2) is 4.79 Å². The molecule has 1 heterocycles. The third-order valence-corrected chi connectivity index (χ3v) is 8.03. The smallest absolute Gasteiger partial charge is 0.319 e. The molecule has 4 rings (SSSR count). The molecule has 1 saturated heterocycles. The molecule has 1 aliphatic rings. The van der Waals surface area contributed by atoms with Crippen LogP contribution >= 0.6 is 0 Å². The molecule has 1 aliphatic heterocycles. The standard InChI is InChI=1S/C35H47N5O2/c1-4-5-6-7-14-24-36-35(42)38-32-30(20-15-21-31(32)39(2)3)34(41)37-29-22-25-40(26-23-29)33(27-16-10-8-11-17-27)28-18-12-9-13-19-28/h8-13,15-21,29,33H,4-7,14,22-26H2,1-3H3,(H,37,41)(H2,36,38,42). The van der Waals surface area contributed by atoms with Crippen molar-refractivity contribution in [3.05, 3.63) is 95.6 Å². The van der Waals surface area contributed by atoms with E-state index < -0.39 is 0 Å². The topological polar surface area (TPSA) is 76.7 Å². The summed E-state index contributed by atoms with van der Waals surface area (Å²) in [5.41, 5.74) is 4.37. The van der Waals surface area contributed by atoms with Gasteiger partial charge >= 0.3 is 6.03 Å². The third kappa shape index (κ3) is 8.58. The van der Waals surface area contributed by atoms with Crippen LogP contribution in [-0.4, -0.2) is 56.6 Å². The number of piperidine rings is 1. The Kier molecular flexibility index (Phi) is 11.8. The molecule has 42 heavy (non-hydrogen) atoms. The fraction of sp³-hybridized carbons (Fsp3) is 0.429. The van der Waals surface area contributed by atoms with Crippen molar-refractivity contribution in [3.8, 4) is 0 Å². The van der Waals surface area contributed by atoms with E-state index >= 15 is 0 Å². The minimum Gasteiger partial charge on any atom is -0.376 e. The van der Waals surface area contributed by atoms with Crippen molar-refractivity contribution in [2.45, 2.75) is 64.0 Å². The zero-order valence-electron chi connectivity index (χ0n) is 25.4. The Morgan fingerprint density at radius 1 is 0.833 bits per heavy atom. The van der Waals surface area contributed by atoms with Crippen LogP contribution in [0, 0.1) is 0 Å². The van der Waals surface area contributed by atoms with Gasteiger partial charge in [-0.3, -0.25) is 9.69 Å². The van der Waals surface area contributed by atoms with Gasteiger partial charge in [-0.15, -0.1) is 0 Å². The molecule has 3 aromatic carbocycles. The number of likely N-dealkylation sites (tertiary alicyclic amines) is 1. The molecule has 0 spiro atoms. The number of hydrogen-bond acceptors (Lipinski definition) is 4. The fourth-order valence-electron chi connectivity index (χ4n) is 5.77. The highest BCUT2D eigenvalue weighted by Crippen LogP contribution is 2.32. The van der Waals surface area contributed by atoms with Gasteiger partial charge in [0.15, 0.2) is 0 Å². The SMILES string of the molecule is CCCCCCCNC(=O)Nc1c(C(=O)NC2CCN(C(c3ccccc3)c3ccccc3)CC2)cccc1N(C)C. The second-order valence-corrected chi connectivity index (χ2v) is 11.4. The van der Waals surface area contributed by atoms with E-state index in [4.69, 9.17) is 0 Å². The van der Waals surface area contributed by atoms with Crippen LogP contribution in [0.3, 0.4) is 0 Å². The number of anilines is 2. The number of benzene rings is 3. The van der Waals surface area contributed by atoms with Crippen molar-refractivity contribution >= 4 is 23.3 Å². The fourth-order valence-corrected chi connectivity index (χ4v) is 5.77. The Labute approximate surface area is 251 Å². The molecular weight excluding hydrogens is 522 g/mol. The monoisotopic (exact) mass is 569 g/mol. The summed E-state index contributed by atoms with van der Waals surface area (Å²) < 4.78 is 0. The Morgan fingerprint density at radius 2 is 1.45 bits per heavy atom. The van der Waals surface area contributed by atoms with Crippen molar-refractivity contribution < 1.29 is 9.59 Å². The van der Waals surface area contributed by atoms with E-state index in [1.807, 2.05) is 31.1 Å². The molecule has 3 amide bonds. The molecule has 0 atom stereocenters. The van der Waals surface area contributed by atoms with Gasteiger partial charge in [0.25, 0.3) is 5.91 Å². The summed E-state index contributed by atoms with van der Waals surface area (Å²) in [5, 5.41) is 9.21. The van der Waals surface area contributed by atoms with Gasteiger partial charge in [-0.2, -0.15) is 0 Å². The predicted molar refractivity (Wildman–Crippen MR) is 173 cm³/mol. The average molecular weight is 570 g/mol. The normalized spacial score (nSPS) is 14.0. The lowest BCUT2D eigenvalue weighted by atomic mass is 9.94. The number of hydrogen-bond donors (Lipinski definition) is 3. The maximum absolute atomic E-state index is 13.6. The summed E-state index contributed by atoms with van der Waals surface area (Å²) in [6, 6.07) is 26.8. The largest absolute Gasteiger partial charge is 0.376 e. The summed E-state index contributed by atoms with van der Waals surface area (Å²) in [6.07, 6.45) is 7.37. The number of carbonyl (C=O) groups is 2. The average Bonchev–Trinajstić information content (AvgIpc) is 3.01. The molecule has 0 unspecified atom stereocenters. The van der Waals surface area contributed by atoms with E-state index in [0.29, 0.717) is 17.8 Å². The van der Waals surface area contributed by atoms with Crippen molar-refractivity contribution in [2.24, 2.45) is 0 Å². The zero-order chi connectivity index (χ0) is 29.7. The van der Waals surface area contributed by atoms with E-state index in [0.717, 1.165) is 44.5 Å². The molecule has 1 fully saturated rings. The van der Waals surface area contributed by atoms with E-state index in [9.17, 15) is 9.59 Å². The van der Waals surface area contributed by atoms with Crippen molar-refractivity contribution in [2.75, 3.05) is 43.9 Å². The van der Waals surface area contributed by atoms with Crippen LogP contribution in [0.5, 0.6) is 0 Å². The highest BCUT2D eigenvalue weighted by molar-refractivity contribution is 6.07. The zero-order valence-corrected chi connectivity index (χ0v) is 25.4. The Bertz CT molecular complexity index is 1220. The molecular formula is C35H47N5O2. The van der Waals surface area contributed by atoms with Crippen LogP contribution in [0.2, 0.25) is 0 Å². The molecule has 0 aliphatic carbocycles. The molecule has 0 radical (unpaired) electrons. The molecule has 0 aromatic heterocycles. The molecule has 7 heteroatoms. The lowest BCUT2D eigenvalue weighted by Gasteiger charge is -2.38. The van der Waals surface area contributed by atoms with Crippen LogP contribution in [-0.2, 0) is 0 Å². The Balaban J connectivity index is 1.39. The van der Waals surface area contributed by atoms with Gasteiger partial charge in [0.1, 0.15) is 0 Å². The Morgan fingerprint density at radius 3 is 2.05 bits per heavy atom. The van der Waals surface area contributed by atoms with E-state index in [1.54, 1.807) is 6.07 Å². The summed E-state index contributed by atoms with van der Waals surface area (Å²) in [5.74, 6) is -0.158. The number of carbonyl (C=O) groups excluding carboxylic acids is 2. The number of nitrogens with zero attached hydrogens (tertiary/aromatic N) is 2. The van der Waals surface area contributed by atoms with Gasteiger partial charge in [0.2, 0.25) is 0 Å². The van der Waals surface area contributed by atoms with E-state index in [-0.39, 0.29) is 24.0 Å². The molecule has 0 saturated carbocycles. The number of unbranched alkanes of at least 4 members (excludes halogenated alkanes) is 4. The molecule has 7 nitrogen and oxygen atoms in total. The lowest BCUT2D eigenvalue weighted by Crippen LogP contribution is -2.46. The minimum absolute atomic E-state index is 0.0637. The first-order valence-corrected chi connectivity index (χ1v) is 15.5. The van der Waals surface area contributed by atoms with Gasteiger partial charge in [0, 0.05) is 39.8 Å². The van der Waals surface area contributed by atoms with Gasteiger partial charge in [-0.05, 0) is 42.5 Å². The first kappa shape index (κ1) is 31.1. The third-order valence-electron chi connectivity index (χ3n) is 8.03. The number of amides is 3. The van der Waals surface area contributed by atoms with E-state index in [2.05, 4.69) is 88.4 Å². The van der Waals surface area contributed by atoms with Gasteiger partial charge in [0.05, 0.1) is 23.0 Å². The van der Waals surface area contributed by atoms with Crippen LogP contribution in [0.4, 0.5) is 16.2 Å². The van der Waals surface area contributed by atoms with Crippen LogP contribution in [0.25, 0.3) is 0 Å². The highest BCUT2D eigenvalue weighted by atomic mass is 16.2. The minimum atomic E-state index is -0.282. The lowest BCUT2D eigenvalue weighted by molar-refractivity contribution is 0.0901. The van der Waals surface area contributed by atoms with Crippen molar-refractivity contribution in [3.63, 3.8) is 0 Å². The summed E-state index contributed by atoms with van der Waals surface area (Å²) >= 11 is 0. The number of nitrogens with one attached hydrogen (secondary N) is 3. The van der Waals surface area contributed by atoms with Crippen molar-refractivity contribution in [1.29, 1.82) is 0 Å². The predicted octanol–water partition coefficient (Wildman–Crippen LogP) is 6.83. The van der Waals surface area contributed by atoms with Gasteiger partial charge < -0.3 is 20.9 Å². The first-order chi connectivity index (χ1) is 20.5. The number of rotatable bonds is 13. The highest BCUT2D eigenvalue weighted by Gasteiger charge is 2.29. The maximum Gasteiger partial charge on any atom is 0.319 e. The van der Waals surface area contributed by atoms with E-state index in [1.165, 1.54) is 30.4 Å². The van der Waals surface area contributed by atoms with Crippen LogP contribution in [0.1, 0.15) is 79.4 Å². The summed E-state index contributed by atoms with van der Waals surface area (Å²) in [7, 11) is 3.83. The second kappa shape index (κ2) is 16.0. The van der Waals surface area contributed by atoms with Crippen molar-refractivity contribution in [1.82, 2.24) is 15.5 Å². The number of urea groups is 1. The first-order valence-electron chi connectivity index (χ1n) is 15.5. The summed E-state index contributed by atoms with van der Waals surface area (Å²) in [6.45, 7) is 4.57. The van der Waals surface area contributed by atoms with Gasteiger partial charge in [-0.1, -0.05) is 99.3 Å². The van der Waals surface area contributed by atoms with Crippen LogP contribution < -0.4 is 20.9 Å². The maximum atomic E-state index is 13.6. The molecule has 0 bridgehead atoms. The van der Waals surface area contributed by atoms with Crippen LogP contribution in [0.15, 0.2) is 78.9 Å². The molecule has 3 N–H and O–H groups in total. The molecule has 224 valence electrons.